The van der Waals surface area contributed by atoms with E-state index in [2.05, 4.69) is 114 Å². The van der Waals surface area contributed by atoms with Gasteiger partial charge in [-0.2, -0.15) is 0 Å². The molecule has 48 heavy (non-hydrogen) atoms. The molecular formula is C40H56N8. The van der Waals surface area contributed by atoms with Gasteiger partial charge in [-0.25, -0.2) is 0 Å². The third-order valence-electron chi connectivity index (χ3n) is 8.90. The summed E-state index contributed by atoms with van der Waals surface area (Å²) in [7, 11) is 0. The third kappa shape index (κ3) is 13.9. The standard InChI is InChI=1S/C40H56N8/c1-3-23-45-39(9-1)33-47-25-5-19-41-29-35-11-15-37(16-12-35)31-43-21-7-27-48(34-40-10-2-4-24-46-40)28-8-22-44-32-38-17-13-36(14-18-38)30-42-20-6-26-47/h1-4,9-18,23-24,41-44H,5-8,19-22,25-34H2. The van der Waals surface area contributed by atoms with Gasteiger partial charge in [0.05, 0.1) is 11.4 Å². The number of hydrogen-bond donors (Lipinski definition) is 4. The number of nitrogens with zero attached hydrogens (tertiary/aromatic N) is 4. The fourth-order valence-electron chi connectivity index (χ4n) is 6.17. The molecule has 0 amide bonds. The van der Waals surface area contributed by atoms with Gasteiger partial charge in [-0.05, 0) is 125 Å². The molecule has 256 valence electrons. The zero-order valence-corrected chi connectivity index (χ0v) is 28.8. The van der Waals surface area contributed by atoms with Crippen molar-refractivity contribution in [1.29, 1.82) is 0 Å². The topological polar surface area (TPSA) is 80.4 Å². The molecule has 6 heterocycles. The summed E-state index contributed by atoms with van der Waals surface area (Å²) in [6.07, 6.45) is 8.25. The molecule has 4 aliphatic heterocycles. The maximum Gasteiger partial charge on any atom is 0.0543 e. The Hall–Kier alpha value is -3.50. The Morgan fingerprint density at radius 3 is 1.00 bits per heavy atom. The number of nitrogens with one attached hydrogen (secondary N) is 4. The molecule has 0 fully saturated rings. The van der Waals surface area contributed by atoms with E-state index in [0.717, 1.165) is 129 Å². The fraction of sp³-hybridized carbons (Fsp3) is 0.450. The average molecular weight is 649 g/mol. The summed E-state index contributed by atoms with van der Waals surface area (Å²) in [5, 5.41) is 14.6. The van der Waals surface area contributed by atoms with Crippen LogP contribution in [-0.2, 0) is 39.3 Å². The van der Waals surface area contributed by atoms with E-state index in [-0.39, 0.29) is 0 Å². The van der Waals surface area contributed by atoms with Gasteiger partial charge in [-0.3, -0.25) is 19.8 Å². The summed E-state index contributed by atoms with van der Waals surface area (Å²) in [4.78, 5) is 14.3. The minimum atomic E-state index is 0.898. The number of rotatable bonds is 4. The van der Waals surface area contributed by atoms with Crippen molar-refractivity contribution in [3.8, 4) is 0 Å². The Morgan fingerprint density at radius 1 is 0.417 bits per heavy atom. The van der Waals surface area contributed by atoms with Gasteiger partial charge in [-0.1, -0.05) is 60.7 Å². The van der Waals surface area contributed by atoms with Crippen LogP contribution < -0.4 is 21.3 Å². The molecular weight excluding hydrogens is 592 g/mol. The van der Waals surface area contributed by atoms with Crippen LogP contribution in [0.15, 0.2) is 97.3 Å². The number of aromatic nitrogens is 2. The van der Waals surface area contributed by atoms with Gasteiger partial charge in [0.15, 0.2) is 0 Å². The summed E-state index contributed by atoms with van der Waals surface area (Å²) in [6, 6.07) is 30.5. The lowest BCUT2D eigenvalue weighted by Crippen LogP contribution is -2.30. The van der Waals surface area contributed by atoms with E-state index in [1.807, 2.05) is 24.5 Å². The maximum atomic E-state index is 4.59. The van der Waals surface area contributed by atoms with Crippen molar-refractivity contribution in [2.24, 2.45) is 0 Å². The predicted octanol–water partition coefficient (Wildman–Crippen LogP) is 5.11. The van der Waals surface area contributed by atoms with Gasteiger partial charge in [0.25, 0.3) is 0 Å². The first-order chi connectivity index (χ1) is 23.8. The van der Waals surface area contributed by atoms with Gasteiger partial charge in [-0.15, -0.1) is 0 Å². The largest absolute Gasteiger partial charge is 0.313 e. The smallest absolute Gasteiger partial charge is 0.0543 e. The van der Waals surface area contributed by atoms with Crippen LogP contribution in [0.1, 0.15) is 59.3 Å². The van der Waals surface area contributed by atoms with Crippen molar-refractivity contribution in [2.75, 3.05) is 52.4 Å². The molecule has 4 N–H and O–H groups in total. The van der Waals surface area contributed by atoms with Gasteiger partial charge < -0.3 is 21.3 Å². The molecule has 0 saturated heterocycles. The Kier molecular flexibility index (Phi) is 16.0. The highest BCUT2D eigenvalue weighted by Gasteiger charge is 2.09. The third-order valence-corrected chi connectivity index (χ3v) is 8.90. The zero-order valence-electron chi connectivity index (χ0n) is 28.8. The predicted molar refractivity (Wildman–Crippen MR) is 197 cm³/mol. The molecule has 0 unspecified atom stereocenters. The van der Waals surface area contributed by atoms with Crippen LogP contribution in [-0.4, -0.2) is 72.1 Å². The highest BCUT2D eigenvalue weighted by atomic mass is 15.1. The van der Waals surface area contributed by atoms with Crippen molar-refractivity contribution in [3.05, 3.63) is 131 Å². The van der Waals surface area contributed by atoms with E-state index < -0.39 is 0 Å². The van der Waals surface area contributed by atoms with Crippen LogP contribution in [0, 0.1) is 0 Å². The molecule has 0 aliphatic carbocycles. The van der Waals surface area contributed by atoms with Crippen molar-refractivity contribution in [1.82, 2.24) is 41.0 Å². The first-order valence-corrected chi connectivity index (χ1v) is 18.0. The number of hydrogen-bond acceptors (Lipinski definition) is 8. The van der Waals surface area contributed by atoms with E-state index in [4.69, 9.17) is 0 Å². The van der Waals surface area contributed by atoms with Crippen LogP contribution in [0.2, 0.25) is 0 Å². The molecule has 8 rings (SSSR count). The van der Waals surface area contributed by atoms with Gasteiger partial charge >= 0.3 is 0 Å². The second-order valence-electron chi connectivity index (χ2n) is 12.9. The highest BCUT2D eigenvalue weighted by molar-refractivity contribution is 5.23. The second-order valence-corrected chi connectivity index (χ2v) is 12.9. The molecule has 4 aliphatic rings. The van der Waals surface area contributed by atoms with E-state index in [1.54, 1.807) is 0 Å². The quantitative estimate of drug-likeness (QED) is 0.243. The summed E-state index contributed by atoms with van der Waals surface area (Å²) in [5.41, 5.74) is 7.63. The molecule has 2 aromatic carbocycles. The lowest BCUT2D eigenvalue weighted by molar-refractivity contribution is 0.253. The van der Waals surface area contributed by atoms with E-state index in [0.29, 0.717) is 0 Å². The molecule has 8 nitrogen and oxygen atoms in total. The molecule has 4 bridgehead atoms. The van der Waals surface area contributed by atoms with E-state index in [1.165, 1.54) is 22.3 Å². The van der Waals surface area contributed by atoms with Crippen LogP contribution in [0.3, 0.4) is 0 Å². The molecule has 0 radical (unpaired) electrons. The summed E-state index contributed by atoms with van der Waals surface area (Å²) in [5.74, 6) is 0. The van der Waals surface area contributed by atoms with Crippen molar-refractivity contribution in [3.63, 3.8) is 0 Å². The second kappa shape index (κ2) is 21.5. The normalized spacial score (nSPS) is 18.0. The van der Waals surface area contributed by atoms with Crippen molar-refractivity contribution >= 4 is 0 Å². The van der Waals surface area contributed by atoms with Gasteiger partial charge in [0.1, 0.15) is 0 Å². The lowest BCUT2D eigenvalue weighted by atomic mass is 10.1. The Balaban J connectivity index is 1.13. The minimum Gasteiger partial charge on any atom is -0.313 e. The average Bonchev–Trinajstić information content (AvgIpc) is 3.12. The molecule has 4 aromatic rings. The maximum absolute atomic E-state index is 4.59. The van der Waals surface area contributed by atoms with Crippen molar-refractivity contribution in [2.45, 2.75) is 65.0 Å². The molecule has 2 aromatic heterocycles. The number of pyridine rings is 2. The van der Waals surface area contributed by atoms with Gasteiger partial charge in [0.2, 0.25) is 0 Å². The minimum absolute atomic E-state index is 0.898. The van der Waals surface area contributed by atoms with Crippen molar-refractivity contribution < 1.29 is 0 Å². The lowest BCUT2D eigenvalue weighted by Gasteiger charge is -2.22. The van der Waals surface area contributed by atoms with Crippen LogP contribution >= 0.6 is 0 Å². The Morgan fingerprint density at radius 2 is 0.729 bits per heavy atom. The first-order valence-electron chi connectivity index (χ1n) is 18.0. The first kappa shape index (κ1) is 35.8. The summed E-state index contributed by atoms with van der Waals surface area (Å²) in [6.45, 7) is 13.7. The molecule has 8 heteroatoms. The van der Waals surface area contributed by atoms with Crippen LogP contribution in [0.4, 0.5) is 0 Å². The van der Waals surface area contributed by atoms with E-state index >= 15 is 0 Å². The van der Waals surface area contributed by atoms with E-state index in [9.17, 15) is 0 Å². The summed E-state index contributed by atoms with van der Waals surface area (Å²) < 4.78 is 0. The Bertz CT molecular complexity index is 1210. The molecule has 0 saturated carbocycles. The Labute approximate surface area is 288 Å². The molecule has 0 spiro atoms. The van der Waals surface area contributed by atoms with Gasteiger partial charge in [0, 0.05) is 51.7 Å². The van der Waals surface area contributed by atoms with Crippen LogP contribution in [0.25, 0.3) is 0 Å². The summed E-state index contributed by atoms with van der Waals surface area (Å²) >= 11 is 0. The zero-order chi connectivity index (χ0) is 32.9. The van der Waals surface area contributed by atoms with Crippen LogP contribution in [0.5, 0.6) is 0 Å². The number of benzene rings is 2. The molecule has 0 atom stereocenters. The highest BCUT2D eigenvalue weighted by Crippen LogP contribution is 2.08. The SMILES string of the molecule is c1ccc(CN2CCCNCc3ccc(cc3)CNCCCN(Cc3ccccn3)CCCNCc3ccc(cc3)CNCCC2)nc1. The monoisotopic (exact) mass is 648 g/mol. The fourth-order valence-corrected chi connectivity index (χ4v) is 6.17.